The van der Waals surface area contributed by atoms with Gasteiger partial charge in [-0.1, -0.05) is 6.92 Å². The Morgan fingerprint density at radius 2 is 1.77 bits per heavy atom. The van der Waals surface area contributed by atoms with Crippen molar-refractivity contribution in [1.29, 1.82) is 0 Å². The molecule has 1 aliphatic rings. The third-order valence-corrected chi connectivity index (χ3v) is 6.58. The van der Waals surface area contributed by atoms with Gasteiger partial charge in [-0.25, -0.2) is 22.2 Å². The Kier molecular flexibility index (Phi) is 7.22. The van der Waals surface area contributed by atoms with Crippen LogP contribution < -0.4 is 10.0 Å². The summed E-state index contributed by atoms with van der Waals surface area (Å²) in [5, 5.41) is 3.23. The van der Waals surface area contributed by atoms with Crippen molar-refractivity contribution < 1.29 is 17.2 Å². The summed E-state index contributed by atoms with van der Waals surface area (Å²) < 4.78 is 53.6. The SMILES string of the molecule is CCN1CCN(C(C)CNc2ccc(S(=O)(=O)Nc3cc(F)cc(F)c3)cn2)CC1. The van der Waals surface area contributed by atoms with Gasteiger partial charge in [0.25, 0.3) is 10.0 Å². The van der Waals surface area contributed by atoms with E-state index in [2.05, 4.69) is 38.7 Å². The molecular formula is C20H27F2N5O2S. The molecule has 0 spiro atoms. The second kappa shape index (κ2) is 9.67. The van der Waals surface area contributed by atoms with Gasteiger partial charge < -0.3 is 10.2 Å². The molecule has 0 amide bonds. The van der Waals surface area contributed by atoms with E-state index in [0.29, 0.717) is 24.5 Å². The lowest BCUT2D eigenvalue weighted by molar-refractivity contribution is 0.110. The topological polar surface area (TPSA) is 77.6 Å². The number of halogens is 2. The molecular weight excluding hydrogens is 412 g/mol. The van der Waals surface area contributed by atoms with Crippen LogP contribution in [0.25, 0.3) is 0 Å². The van der Waals surface area contributed by atoms with Gasteiger partial charge in [0, 0.05) is 51.0 Å². The van der Waals surface area contributed by atoms with Crippen molar-refractivity contribution in [2.24, 2.45) is 0 Å². The molecule has 0 aliphatic carbocycles. The highest BCUT2D eigenvalue weighted by Crippen LogP contribution is 2.19. The maximum Gasteiger partial charge on any atom is 0.263 e. The number of benzene rings is 1. The number of hydrogen-bond acceptors (Lipinski definition) is 6. The van der Waals surface area contributed by atoms with Crippen LogP contribution in [0.1, 0.15) is 13.8 Å². The van der Waals surface area contributed by atoms with E-state index in [1.165, 1.54) is 12.3 Å². The number of nitrogens with zero attached hydrogens (tertiary/aromatic N) is 3. The van der Waals surface area contributed by atoms with E-state index in [1.54, 1.807) is 6.07 Å². The summed E-state index contributed by atoms with van der Waals surface area (Å²) in [6, 6.07) is 5.78. The summed E-state index contributed by atoms with van der Waals surface area (Å²) in [5.41, 5.74) is -0.188. The molecule has 7 nitrogen and oxygen atoms in total. The molecule has 0 saturated carbocycles. The lowest BCUT2D eigenvalue weighted by atomic mass is 10.2. The largest absolute Gasteiger partial charge is 0.369 e. The number of anilines is 2. The van der Waals surface area contributed by atoms with E-state index >= 15 is 0 Å². The second-order valence-electron chi connectivity index (χ2n) is 7.34. The zero-order valence-electron chi connectivity index (χ0n) is 17.1. The van der Waals surface area contributed by atoms with Crippen LogP contribution in [0.2, 0.25) is 0 Å². The third-order valence-electron chi connectivity index (χ3n) is 5.22. The van der Waals surface area contributed by atoms with E-state index in [9.17, 15) is 17.2 Å². The summed E-state index contributed by atoms with van der Waals surface area (Å²) in [6.45, 7) is 10.2. The lowest BCUT2D eigenvalue weighted by Crippen LogP contribution is -2.51. The van der Waals surface area contributed by atoms with E-state index in [1.807, 2.05) is 0 Å². The molecule has 1 unspecified atom stereocenters. The Labute approximate surface area is 176 Å². The van der Waals surface area contributed by atoms with Gasteiger partial charge in [-0.3, -0.25) is 9.62 Å². The Bertz CT molecular complexity index is 928. The van der Waals surface area contributed by atoms with Crippen LogP contribution in [0.15, 0.2) is 41.4 Å². The Balaban J connectivity index is 1.56. The van der Waals surface area contributed by atoms with Crippen molar-refractivity contribution in [3.05, 3.63) is 48.2 Å². The number of likely N-dealkylation sites (N-methyl/N-ethyl adjacent to an activating group) is 1. The maximum absolute atomic E-state index is 13.3. The van der Waals surface area contributed by atoms with Crippen molar-refractivity contribution in [2.45, 2.75) is 24.8 Å². The van der Waals surface area contributed by atoms with Crippen molar-refractivity contribution in [2.75, 3.05) is 49.3 Å². The first-order chi connectivity index (χ1) is 14.3. The third kappa shape index (κ3) is 5.87. The van der Waals surface area contributed by atoms with E-state index in [-0.39, 0.29) is 10.6 Å². The maximum atomic E-state index is 13.3. The predicted molar refractivity (Wildman–Crippen MR) is 113 cm³/mol. The van der Waals surface area contributed by atoms with Gasteiger partial charge >= 0.3 is 0 Å². The first-order valence-corrected chi connectivity index (χ1v) is 11.4. The molecule has 1 aliphatic heterocycles. The minimum absolute atomic E-state index is 0.0959. The molecule has 0 radical (unpaired) electrons. The standard InChI is InChI=1S/C20H27F2N5O2S/c1-3-26-6-8-27(9-7-26)15(2)13-23-20-5-4-19(14-24-20)30(28,29)25-18-11-16(21)10-17(22)12-18/h4-5,10-12,14-15,25H,3,6-9,13H2,1-2H3,(H,23,24). The fraction of sp³-hybridized carbons (Fsp3) is 0.450. The van der Waals surface area contributed by atoms with Crippen molar-refractivity contribution in [3.8, 4) is 0 Å². The number of rotatable bonds is 8. The van der Waals surface area contributed by atoms with Crippen LogP contribution in [0.5, 0.6) is 0 Å². The van der Waals surface area contributed by atoms with Crippen molar-refractivity contribution in [1.82, 2.24) is 14.8 Å². The number of hydrogen-bond donors (Lipinski definition) is 2. The Morgan fingerprint density at radius 1 is 1.10 bits per heavy atom. The zero-order valence-corrected chi connectivity index (χ0v) is 17.9. The van der Waals surface area contributed by atoms with Gasteiger partial charge in [0.1, 0.15) is 22.3 Å². The van der Waals surface area contributed by atoms with Gasteiger partial charge in [-0.2, -0.15) is 0 Å². The summed E-state index contributed by atoms with van der Waals surface area (Å²) >= 11 is 0. The molecule has 1 atom stereocenters. The van der Waals surface area contributed by atoms with Crippen LogP contribution in [0.4, 0.5) is 20.3 Å². The molecule has 30 heavy (non-hydrogen) atoms. The molecule has 1 aromatic carbocycles. The fourth-order valence-electron chi connectivity index (χ4n) is 3.37. The van der Waals surface area contributed by atoms with Crippen LogP contribution in [-0.4, -0.2) is 68.5 Å². The highest BCUT2D eigenvalue weighted by molar-refractivity contribution is 7.92. The van der Waals surface area contributed by atoms with Gasteiger partial charge in [-0.15, -0.1) is 0 Å². The first kappa shape index (κ1) is 22.4. The first-order valence-electron chi connectivity index (χ1n) is 9.92. The van der Waals surface area contributed by atoms with E-state index in [0.717, 1.165) is 44.9 Å². The smallest absolute Gasteiger partial charge is 0.263 e. The number of sulfonamides is 1. The molecule has 10 heteroatoms. The molecule has 1 fully saturated rings. The normalized spacial score (nSPS) is 16.9. The highest BCUT2D eigenvalue weighted by atomic mass is 32.2. The Morgan fingerprint density at radius 3 is 2.33 bits per heavy atom. The molecule has 2 heterocycles. The molecule has 2 aromatic rings. The second-order valence-corrected chi connectivity index (χ2v) is 9.03. The molecule has 3 rings (SSSR count). The van der Waals surface area contributed by atoms with E-state index < -0.39 is 21.7 Å². The van der Waals surface area contributed by atoms with Crippen molar-refractivity contribution >= 4 is 21.5 Å². The van der Waals surface area contributed by atoms with Crippen molar-refractivity contribution in [3.63, 3.8) is 0 Å². The van der Waals surface area contributed by atoms with Gasteiger partial charge in [-0.05, 0) is 37.7 Å². The average Bonchev–Trinajstić information content (AvgIpc) is 2.71. The van der Waals surface area contributed by atoms with Gasteiger partial charge in [0.15, 0.2) is 0 Å². The molecule has 1 saturated heterocycles. The zero-order chi connectivity index (χ0) is 21.7. The lowest BCUT2D eigenvalue weighted by Gasteiger charge is -2.37. The quantitative estimate of drug-likeness (QED) is 0.659. The summed E-state index contributed by atoms with van der Waals surface area (Å²) in [4.78, 5) is 8.90. The number of piperazine rings is 1. The molecule has 164 valence electrons. The van der Waals surface area contributed by atoms with E-state index in [4.69, 9.17) is 0 Å². The predicted octanol–water partition coefficient (Wildman–Crippen LogP) is 2.60. The van der Waals surface area contributed by atoms with Gasteiger partial charge in [0.2, 0.25) is 0 Å². The van der Waals surface area contributed by atoms with Crippen LogP contribution in [-0.2, 0) is 10.0 Å². The van der Waals surface area contributed by atoms with Crippen LogP contribution in [0, 0.1) is 11.6 Å². The highest BCUT2D eigenvalue weighted by Gasteiger charge is 2.20. The van der Waals surface area contributed by atoms with Crippen LogP contribution in [0.3, 0.4) is 0 Å². The number of nitrogens with one attached hydrogen (secondary N) is 2. The summed E-state index contributed by atoms with van der Waals surface area (Å²) in [6.07, 6.45) is 1.21. The molecule has 1 aromatic heterocycles. The Hall–Kier alpha value is -2.30. The number of pyridine rings is 1. The minimum Gasteiger partial charge on any atom is -0.369 e. The number of aromatic nitrogens is 1. The van der Waals surface area contributed by atoms with Crippen LogP contribution >= 0.6 is 0 Å². The summed E-state index contributed by atoms with van der Waals surface area (Å²) in [7, 11) is -4.01. The average molecular weight is 440 g/mol. The molecule has 0 bridgehead atoms. The fourth-order valence-corrected chi connectivity index (χ4v) is 4.36. The van der Waals surface area contributed by atoms with Gasteiger partial charge in [0.05, 0.1) is 5.69 Å². The minimum atomic E-state index is -4.01. The molecule has 2 N–H and O–H groups in total. The summed E-state index contributed by atoms with van der Waals surface area (Å²) in [5.74, 6) is -1.17. The monoisotopic (exact) mass is 439 g/mol.